The van der Waals surface area contributed by atoms with Gasteiger partial charge in [0.05, 0.1) is 18.4 Å². The monoisotopic (exact) mass is 421 g/mol. The second kappa shape index (κ2) is 7.39. The smallest absolute Gasteiger partial charge is 0.296 e. The zero-order valence-corrected chi connectivity index (χ0v) is 16.7. The average Bonchev–Trinajstić information content (AvgIpc) is 3.50. The Labute approximate surface area is 177 Å². The van der Waals surface area contributed by atoms with Crippen LogP contribution in [0.2, 0.25) is 0 Å². The van der Waals surface area contributed by atoms with Gasteiger partial charge in [0.2, 0.25) is 0 Å². The van der Waals surface area contributed by atoms with E-state index in [1.165, 1.54) is 11.2 Å². The van der Waals surface area contributed by atoms with E-state index in [4.69, 9.17) is 18.3 Å². The van der Waals surface area contributed by atoms with Crippen molar-refractivity contribution in [2.24, 2.45) is 0 Å². The number of nitrogens with zero attached hydrogens (tertiary/aromatic N) is 1. The summed E-state index contributed by atoms with van der Waals surface area (Å²) in [5.41, 5.74) is 0.288. The van der Waals surface area contributed by atoms with Gasteiger partial charge in [-0.3, -0.25) is 9.59 Å². The number of carbonyl (C=O) groups is 2. The zero-order valence-electron chi connectivity index (χ0n) is 16.7. The maximum atomic E-state index is 13.0. The Kier molecular flexibility index (Phi) is 4.54. The van der Waals surface area contributed by atoms with Crippen molar-refractivity contribution in [3.05, 3.63) is 77.1 Å². The van der Waals surface area contributed by atoms with Gasteiger partial charge >= 0.3 is 0 Å². The van der Waals surface area contributed by atoms with E-state index in [9.17, 15) is 14.7 Å². The molecule has 5 rings (SSSR count). The van der Waals surface area contributed by atoms with Crippen LogP contribution in [0.5, 0.6) is 11.5 Å². The Hall–Kier alpha value is -3.94. The molecule has 158 valence electrons. The number of Topliss-reactive ketones (excluding diaryl/α,β-unsaturated/α-hetero) is 1. The van der Waals surface area contributed by atoms with E-state index < -0.39 is 17.7 Å². The van der Waals surface area contributed by atoms with Crippen molar-refractivity contribution in [1.82, 2.24) is 4.90 Å². The van der Waals surface area contributed by atoms with Crippen molar-refractivity contribution in [3.8, 4) is 11.5 Å². The molecule has 8 nitrogen and oxygen atoms in total. The van der Waals surface area contributed by atoms with Crippen LogP contribution in [0.1, 0.15) is 28.9 Å². The molecule has 31 heavy (non-hydrogen) atoms. The summed E-state index contributed by atoms with van der Waals surface area (Å²) >= 11 is 0. The fraction of sp³-hybridized carbons (Fsp3) is 0.217. The minimum atomic E-state index is -0.896. The van der Waals surface area contributed by atoms with E-state index in [0.29, 0.717) is 47.6 Å². The van der Waals surface area contributed by atoms with Crippen molar-refractivity contribution in [3.63, 3.8) is 0 Å². The predicted molar refractivity (Wildman–Crippen MR) is 107 cm³/mol. The van der Waals surface area contributed by atoms with Crippen LogP contribution in [0, 0.1) is 6.92 Å². The van der Waals surface area contributed by atoms with Crippen molar-refractivity contribution in [2.45, 2.75) is 19.5 Å². The molecule has 8 heteroatoms. The maximum Gasteiger partial charge on any atom is 0.296 e. The second-order valence-corrected chi connectivity index (χ2v) is 7.31. The largest absolute Gasteiger partial charge is 0.507 e. The number of amides is 1. The van der Waals surface area contributed by atoms with E-state index in [2.05, 4.69) is 0 Å². The molecular formula is C23H19NO7. The standard InChI is InChI=1S/C23H19NO7/c1-13-4-6-17(31-13)20-19(22(26)23(27)24(20)12-15-3-2-8-28-15)21(25)14-5-7-16-18(11-14)30-10-9-29-16/h2-8,11,20,25H,9-10,12H2,1H3/b21-19+/t20-/m1/s1. The van der Waals surface area contributed by atoms with Gasteiger partial charge in [0.25, 0.3) is 11.7 Å². The average molecular weight is 421 g/mol. The molecule has 1 amide bonds. The maximum absolute atomic E-state index is 13.0. The van der Waals surface area contributed by atoms with E-state index in [-0.39, 0.29) is 17.9 Å². The first-order chi connectivity index (χ1) is 15.0. The summed E-state index contributed by atoms with van der Waals surface area (Å²) in [7, 11) is 0. The molecule has 4 heterocycles. The lowest BCUT2D eigenvalue weighted by Gasteiger charge is -2.22. The van der Waals surface area contributed by atoms with Crippen LogP contribution in [0.25, 0.3) is 5.76 Å². The lowest BCUT2D eigenvalue weighted by Crippen LogP contribution is -2.28. The molecule has 1 N–H and O–H groups in total. The second-order valence-electron chi connectivity index (χ2n) is 7.31. The van der Waals surface area contributed by atoms with Crippen LogP contribution in [0.3, 0.4) is 0 Å². The highest BCUT2D eigenvalue weighted by Gasteiger charge is 2.48. The molecule has 0 bridgehead atoms. The molecular weight excluding hydrogens is 402 g/mol. The topological polar surface area (TPSA) is 102 Å². The van der Waals surface area contributed by atoms with Gasteiger partial charge in [-0.15, -0.1) is 0 Å². The van der Waals surface area contributed by atoms with Gasteiger partial charge in [-0.1, -0.05) is 0 Å². The van der Waals surface area contributed by atoms with Crippen LogP contribution in [0.15, 0.2) is 63.1 Å². The number of ketones is 1. The highest BCUT2D eigenvalue weighted by atomic mass is 16.6. The molecule has 2 aromatic heterocycles. The molecule has 0 radical (unpaired) electrons. The van der Waals surface area contributed by atoms with Gasteiger partial charge in [0.1, 0.15) is 42.3 Å². The normalized spacial score (nSPS) is 19.8. The number of aliphatic hydroxyl groups excluding tert-OH is 1. The van der Waals surface area contributed by atoms with E-state index in [1.807, 2.05) is 0 Å². The first-order valence-corrected chi connectivity index (χ1v) is 9.80. The summed E-state index contributed by atoms with van der Waals surface area (Å²) in [4.78, 5) is 27.2. The molecule has 3 aromatic rings. The zero-order chi connectivity index (χ0) is 21.5. The van der Waals surface area contributed by atoms with Gasteiger partial charge in [-0.25, -0.2) is 0 Å². The molecule has 2 aliphatic heterocycles. The lowest BCUT2D eigenvalue weighted by atomic mass is 9.99. The van der Waals surface area contributed by atoms with Crippen molar-refractivity contribution in [2.75, 3.05) is 13.2 Å². The number of likely N-dealkylation sites (tertiary alicyclic amines) is 1. The Morgan fingerprint density at radius 1 is 1.10 bits per heavy atom. The summed E-state index contributed by atoms with van der Waals surface area (Å²) in [5.74, 6) is 0.684. The highest BCUT2D eigenvalue weighted by Crippen LogP contribution is 2.42. The number of ether oxygens (including phenoxy) is 2. The van der Waals surface area contributed by atoms with Crippen LogP contribution in [-0.2, 0) is 16.1 Å². The Morgan fingerprint density at radius 2 is 1.90 bits per heavy atom. The van der Waals surface area contributed by atoms with Gasteiger partial charge < -0.3 is 28.3 Å². The Bertz CT molecular complexity index is 1190. The fourth-order valence-corrected chi connectivity index (χ4v) is 3.86. The van der Waals surface area contributed by atoms with Crippen molar-refractivity contribution in [1.29, 1.82) is 0 Å². The number of hydrogen-bond donors (Lipinski definition) is 1. The molecule has 0 saturated carbocycles. The van der Waals surface area contributed by atoms with Crippen molar-refractivity contribution < 1.29 is 33.0 Å². The fourth-order valence-electron chi connectivity index (χ4n) is 3.86. The van der Waals surface area contributed by atoms with Gasteiger partial charge in [0.15, 0.2) is 11.5 Å². The molecule has 0 aliphatic carbocycles. The van der Waals surface area contributed by atoms with E-state index >= 15 is 0 Å². The van der Waals surface area contributed by atoms with Crippen LogP contribution in [0.4, 0.5) is 0 Å². The number of aryl methyl sites for hydroxylation is 1. The number of furan rings is 2. The van der Waals surface area contributed by atoms with Crippen LogP contribution >= 0.6 is 0 Å². The summed E-state index contributed by atoms with van der Waals surface area (Å²) in [6.07, 6.45) is 1.49. The summed E-state index contributed by atoms with van der Waals surface area (Å²) in [5, 5.41) is 11.1. The first-order valence-electron chi connectivity index (χ1n) is 9.80. The molecule has 1 aromatic carbocycles. The van der Waals surface area contributed by atoms with E-state index in [1.54, 1.807) is 49.4 Å². The SMILES string of the molecule is Cc1ccc([C@@H]2/C(=C(\O)c3ccc4c(c3)OCCO4)C(=O)C(=O)N2Cc2ccco2)o1. The third-order valence-electron chi connectivity index (χ3n) is 5.29. The molecule has 0 unspecified atom stereocenters. The predicted octanol–water partition coefficient (Wildman–Crippen LogP) is 3.57. The van der Waals surface area contributed by atoms with Gasteiger partial charge in [-0.2, -0.15) is 0 Å². The van der Waals surface area contributed by atoms with Crippen LogP contribution < -0.4 is 9.47 Å². The first kappa shape index (κ1) is 19.0. The third kappa shape index (κ3) is 3.26. The summed E-state index contributed by atoms with van der Waals surface area (Å²) in [6, 6.07) is 10.8. The number of hydrogen-bond acceptors (Lipinski definition) is 7. The van der Waals surface area contributed by atoms with Crippen LogP contribution in [-0.4, -0.2) is 34.9 Å². The number of aliphatic hydroxyl groups is 1. The van der Waals surface area contributed by atoms with Gasteiger partial charge in [-0.05, 0) is 49.4 Å². The minimum Gasteiger partial charge on any atom is -0.507 e. The molecule has 0 spiro atoms. The summed E-state index contributed by atoms with van der Waals surface area (Å²) in [6.45, 7) is 2.65. The number of rotatable bonds is 4. The minimum absolute atomic E-state index is 0.0532. The number of fused-ring (bicyclic) bond motifs is 1. The molecule has 1 saturated heterocycles. The summed E-state index contributed by atoms with van der Waals surface area (Å²) < 4.78 is 22.2. The number of benzene rings is 1. The van der Waals surface area contributed by atoms with E-state index in [0.717, 1.165) is 0 Å². The highest BCUT2D eigenvalue weighted by molar-refractivity contribution is 6.46. The Balaban J connectivity index is 1.62. The van der Waals surface area contributed by atoms with Gasteiger partial charge in [0, 0.05) is 5.56 Å². The Morgan fingerprint density at radius 3 is 2.61 bits per heavy atom. The molecule has 1 fully saturated rings. The van der Waals surface area contributed by atoms with Crippen molar-refractivity contribution >= 4 is 17.4 Å². The molecule has 2 aliphatic rings. The lowest BCUT2D eigenvalue weighted by molar-refractivity contribution is -0.140. The quantitative estimate of drug-likeness (QED) is 0.390. The number of carbonyl (C=O) groups excluding carboxylic acids is 2. The molecule has 1 atom stereocenters. The third-order valence-corrected chi connectivity index (χ3v) is 5.29.